The summed E-state index contributed by atoms with van der Waals surface area (Å²) >= 11 is 8.88. The van der Waals surface area contributed by atoms with Crippen LogP contribution < -0.4 is 0 Å². The Hall–Kier alpha value is -0.190. The van der Waals surface area contributed by atoms with E-state index in [1.165, 1.54) is 11.3 Å². The average Bonchev–Trinajstić information content (AvgIpc) is 2.77. The van der Waals surface area contributed by atoms with Gasteiger partial charge in [0.15, 0.2) is 0 Å². The fourth-order valence-electron chi connectivity index (χ4n) is 1.81. The summed E-state index contributed by atoms with van der Waals surface area (Å²) in [5.41, 5.74) is 0. The Balaban J connectivity index is 2.17. The van der Waals surface area contributed by atoms with Gasteiger partial charge < -0.3 is 5.11 Å². The molecule has 0 saturated carbocycles. The quantitative estimate of drug-likeness (QED) is 0.908. The highest BCUT2D eigenvalue weighted by atomic mass is 35.5. The Morgan fingerprint density at radius 1 is 1.60 bits per heavy atom. The Morgan fingerprint density at radius 3 is 2.87 bits per heavy atom. The van der Waals surface area contributed by atoms with Gasteiger partial charge in [0.1, 0.15) is 4.75 Å². The molecule has 1 aromatic heterocycles. The second-order valence-electron chi connectivity index (χ2n) is 3.63. The minimum atomic E-state index is -0.686. The van der Waals surface area contributed by atoms with Gasteiger partial charge in [0.2, 0.25) is 0 Å². The molecule has 0 bridgehead atoms. The monoisotopic (exact) mass is 262 g/mol. The molecule has 0 amide bonds. The molecule has 82 valence electrons. The molecule has 1 N–H and O–H groups in total. The SMILES string of the molecule is O=C(O)C1(Cc2ccc(Cl)s2)CCCS1. The van der Waals surface area contributed by atoms with E-state index < -0.39 is 10.7 Å². The van der Waals surface area contributed by atoms with E-state index in [9.17, 15) is 9.90 Å². The summed E-state index contributed by atoms with van der Waals surface area (Å²) in [5.74, 6) is 0.264. The fourth-order valence-corrected chi connectivity index (χ4v) is 4.45. The predicted octanol–water partition coefficient (Wildman–Crippen LogP) is 3.29. The lowest BCUT2D eigenvalue weighted by Crippen LogP contribution is -2.34. The summed E-state index contributed by atoms with van der Waals surface area (Å²) in [5, 5.41) is 9.28. The van der Waals surface area contributed by atoms with Crippen molar-refractivity contribution in [2.75, 3.05) is 5.75 Å². The highest BCUT2D eigenvalue weighted by molar-refractivity contribution is 8.01. The first kappa shape index (κ1) is 11.3. The molecular weight excluding hydrogens is 252 g/mol. The average molecular weight is 263 g/mol. The summed E-state index contributed by atoms with van der Waals surface area (Å²) in [4.78, 5) is 12.4. The topological polar surface area (TPSA) is 37.3 Å². The zero-order valence-electron chi connectivity index (χ0n) is 8.03. The number of hydrogen-bond acceptors (Lipinski definition) is 3. The van der Waals surface area contributed by atoms with Gasteiger partial charge >= 0.3 is 5.97 Å². The van der Waals surface area contributed by atoms with Gasteiger partial charge in [0, 0.05) is 11.3 Å². The number of carboxylic acid groups (broad SMARTS) is 1. The second-order valence-corrected chi connectivity index (χ2v) is 6.91. The van der Waals surface area contributed by atoms with Gasteiger partial charge in [-0.25, -0.2) is 0 Å². The molecule has 15 heavy (non-hydrogen) atoms. The number of hydrogen-bond donors (Lipinski definition) is 1. The Labute approximate surface area is 102 Å². The van der Waals surface area contributed by atoms with E-state index in [1.807, 2.05) is 12.1 Å². The van der Waals surface area contributed by atoms with Crippen molar-refractivity contribution < 1.29 is 9.90 Å². The van der Waals surface area contributed by atoms with E-state index in [-0.39, 0.29) is 0 Å². The van der Waals surface area contributed by atoms with Crippen LogP contribution in [-0.2, 0) is 11.2 Å². The highest BCUT2D eigenvalue weighted by Crippen LogP contribution is 2.42. The molecule has 1 fully saturated rings. The molecule has 1 unspecified atom stereocenters. The summed E-state index contributed by atoms with van der Waals surface area (Å²) in [6.45, 7) is 0. The van der Waals surface area contributed by atoms with Crippen LogP contribution in [0.3, 0.4) is 0 Å². The normalized spacial score (nSPS) is 25.7. The van der Waals surface area contributed by atoms with Crippen LogP contribution >= 0.6 is 34.7 Å². The lowest BCUT2D eigenvalue weighted by molar-refractivity contribution is -0.139. The number of aliphatic carboxylic acids is 1. The second kappa shape index (κ2) is 4.36. The minimum absolute atomic E-state index is 0.602. The van der Waals surface area contributed by atoms with Gasteiger partial charge in [-0.2, -0.15) is 0 Å². The first-order valence-corrected chi connectivity index (χ1v) is 6.92. The lowest BCUT2D eigenvalue weighted by atomic mass is 9.98. The third-order valence-electron chi connectivity index (χ3n) is 2.58. The minimum Gasteiger partial charge on any atom is -0.480 e. The van der Waals surface area contributed by atoms with Crippen LogP contribution in [0, 0.1) is 0 Å². The van der Waals surface area contributed by atoms with Gasteiger partial charge in [0.25, 0.3) is 0 Å². The number of halogens is 1. The Bertz CT molecular complexity index is 369. The Morgan fingerprint density at radius 2 is 2.40 bits per heavy atom. The molecule has 1 saturated heterocycles. The molecule has 0 radical (unpaired) electrons. The summed E-state index contributed by atoms with van der Waals surface area (Å²) in [6.07, 6.45) is 2.36. The number of thiophene rings is 1. The molecule has 1 aromatic rings. The van der Waals surface area contributed by atoms with Crippen molar-refractivity contribution in [1.82, 2.24) is 0 Å². The molecule has 0 aromatic carbocycles. The maximum atomic E-state index is 11.3. The standard InChI is InChI=1S/C10H11ClO2S2/c11-8-3-2-7(15-8)6-10(9(12)13)4-1-5-14-10/h2-3H,1,4-6H2,(H,12,13). The highest BCUT2D eigenvalue weighted by Gasteiger charge is 2.42. The molecule has 2 rings (SSSR count). The summed E-state index contributed by atoms with van der Waals surface area (Å²) < 4.78 is 0.127. The Kier molecular flexibility index (Phi) is 3.28. The molecule has 0 aliphatic carbocycles. The number of carboxylic acids is 1. The van der Waals surface area contributed by atoms with Crippen molar-refractivity contribution in [2.45, 2.75) is 24.0 Å². The van der Waals surface area contributed by atoms with E-state index >= 15 is 0 Å². The van der Waals surface area contributed by atoms with Crippen molar-refractivity contribution in [3.63, 3.8) is 0 Å². The van der Waals surface area contributed by atoms with Crippen molar-refractivity contribution in [3.05, 3.63) is 21.3 Å². The third-order valence-corrected chi connectivity index (χ3v) is 5.38. The molecular formula is C10H11ClO2S2. The summed E-state index contributed by atoms with van der Waals surface area (Å²) in [6, 6.07) is 3.76. The van der Waals surface area contributed by atoms with Gasteiger partial charge in [-0.05, 0) is 30.7 Å². The van der Waals surface area contributed by atoms with Crippen LogP contribution in [0.1, 0.15) is 17.7 Å². The third kappa shape index (κ3) is 2.32. The molecule has 0 spiro atoms. The molecule has 1 aliphatic heterocycles. The van der Waals surface area contributed by atoms with Gasteiger partial charge in [0.05, 0.1) is 4.34 Å². The van der Waals surface area contributed by atoms with Crippen LogP contribution in [0.5, 0.6) is 0 Å². The molecule has 1 aliphatic rings. The molecule has 1 atom stereocenters. The van der Waals surface area contributed by atoms with E-state index in [0.29, 0.717) is 6.42 Å². The molecule has 2 heterocycles. The predicted molar refractivity (Wildman–Crippen MR) is 65.1 cm³/mol. The molecule has 5 heteroatoms. The zero-order chi connectivity index (χ0) is 10.9. The maximum absolute atomic E-state index is 11.3. The number of rotatable bonds is 3. The fraction of sp³-hybridized carbons (Fsp3) is 0.500. The van der Waals surface area contributed by atoms with Crippen LogP contribution in [0.15, 0.2) is 12.1 Å². The van der Waals surface area contributed by atoms with Crippen molar-refractivity contribution >= 4 is 40.7 Å². The van der Waals surface area contributed by atoms with E-state index in [0.717, 1.165) is 27.8 Å². The smallest absolute Gasteiger partial charge is 0.320 e. The number of carbonyl (C=O) groups is 1. The van der Waals surface area contributed by atoms with Crippen LogP contribution in [0.25, 0.3) is 0 Å². The van der Waals surface area contributed by atoms with E-state index in [1.54, 1.807) is 11.8 Å². The van der Waals surface area contributed by atoms with Crippen molar-refractivity contribution in [2.24, 2.45) is 0 Å². The zero-order valence-corrected chi connectivity index (χ0v) is 10.4. The molecule has 2 nitrogen and oxygen atoms in total. The van der Waals surface area contributed by atoms with Crippen LogP contribution in [0.2, 0.25) is 4.34 Å². The first-order valence-electron chi connectivity index (χ1n) is 4.74. The van der Waals surface area contributed by atoms with Crippen molar-refractivity contribution in [3.8, 4) is 0 Å². The van der Waals surface area contributed by atoms with Gasteiger partial charge in [-0.15, -0.1) is 23.1 Å². The van der Waals surface area contributed by atoms with Gasteiger partial charge in [-0.1, -0.05) is 11.6 Å². The van der Waals surface area contributed by atoms with Crippen LogP contribution in [-0.4, -0.2) is 21.6 Å². The van der Waals surface area contributed by atoms with E-state index in [4.69, 9.17) is 11.6 Å². The number of thioether (sulfide) groups is 1. The van der Waals surface area contributed by atoms with Crippen molar-refractivity contribution in [1.29, 1.82) is 0 Å². The summed E-state index contributed by atoms with van der Waals surface area (Å²) in [7, 11) is 0. The maximum Gasteiger partial charge on any atom is 0.320 e. The van der Waals surface area contributed by atoms with Gasteiger partial charge in [-0.3, -0.25) is 4.79 Å². The lowest BCUT2D eigenvalue weighted by Gasteiger charge is -2.21. The van der Waals surface area contributed by atoms with Crippen LogP contribution in [0.4, 0.5) is 0 Å². The largest absolute Gasteiger partial charge is 0.480 e. The van der Waals surface area contributed by atoms with E-state index in [2.05, 4.69) is 0 Å². The first-order chi connectivity index (χ1) is 7.12.